The molecule has 3 saturated heterocycles. The molecule has 38 heavy (non-hydrogen) atoms. The molecule has 7 atom stereocenters. The minimum absolute atomic E-state index is 0.0507. The molecule has 3 aromatic carbocycles. The van der Waals surface area contributed by atoms with Crippen LogP contribution in [-0.2, 0) is 14.4 Å². The molecule has 3 N–H and O–H groups in total. The largest absolute Gasteiger partial charge is 0.394 e. The third-order valence-electron chi connectivity index (χ3n) is 8.53. The Bertz CT molecular complexity index is 1410. The molecule has 0 aromatic heterocycles. The van der Waals surface area contributed by atoms with Crippen molar-refractivity contribution in [3.05, 3.63) is 72.8 Å². The van der Waals surface area contributed by atoms with Crippen LogP contribution in [-0.4, -0.2) is 56.4 Å². The molecule has 3 heterocycles. The van der Waals surface area contributed by atoms with Crippen LogP contribution in [0, 0.1) is 17.8 Å². The van der Waals surface area contributed by atoms with E-state index in [1.54, 1.807) is 23.6 Å². The molecule has 3 aliphatic rings. The summed E-state index contributed by atoms with van der Waals surface area (Å²) < 4.78 is -0.745. The highest BCUT2D eigenvalue weighted by Crippen LogP contribution is 2.68. The maximum atomic E-state index is 14.1. The van der Waals surface area contributed by atoms with Gasteiger partial charge in [-0.2, -0.15) is 0 Å². The van der Waals surface area contributed by atoms with E-state index in [0.717, 1.165) is 17.2 Å². The van der Waals surface area contributed by atoms with Gasteiger partial charge < -0.3 is 20.6 Å². The Morgan fingerprint density at radius 2 is 1.68 bits per heavy atom. The van der Waals surface area contributed by atoms with Crippen LogP contribution < -0.4 is 10.6 Å². The average Bonchev–Trinajstić information content (AvgIpc) is 3.52. The molecule has 0 saturated carbocycles. The molecule has 3 unspecified atom stereocenters. The zero-order valence-corrected chi connectivity index (χ0v) is 22.2. The molecule has 8 heteroatoms. The first kappa shape index (κ1) is 24.9. The molecule has 1 spiro atoms. The van der Waals surface area contributed by atoms with Crippen LogP contribution in [0.1, 0.15) is 20.3 Å². The zero-order chi connectivity index (χ0) is 26.6. The molecule has 2 bridgehead atoms. The van der Waals surface area contributed by atoms with E-state index >= 15 is 0 Å². The number of amides is 3. The highest BCUT2D eigenvalue weighted by molar-refractivity contribution is 8.02. The van der Waals surface area contributed by atoms with Crippen molar-refractivity contribution in [2.75, 3.05) is 17.2 Å². The summed E-state index contributed by atoms with van der Waals surface area (Å²) in [6, 6.07) is 21.6. The number of hydrogen-bond donors (Lipinski definition) is 3. The van der Waals surface area contributed by atoms with Gasteiger partial charge in [-0.05, 0) is 54.3 Å². The summed E-state index contributed by atoms with van der Waals surface area (Å²) in [4.78, 5) is 43.3. The Balaban J connectivity index is 1.36. The Kier molecular flexibility index (Phi) is 6.19. The van der Waals surface area contributed by atoms with Gasteiger partial charge in [-0.15, -0.1) is 11.8 Å². The van der Waals surface area contributed by atoms with E-state index in [1.165, 1.54) is 0 Å². The number of hydrogen-bond acceptors (Lipinski definition) is 5. The van der Waals surface area contributed by atoms with Crippen molar-refractivity contribution in [2.45, 2.75) is 42.3 Å². The second-order valence-electron chi connectivity index (χ2n) is 10.7. The van der Waals surface area contributed by atoms with E-state index in [-0.39, 0.29) is 35.5 Å². The maximum absolute atomic E-state index is 14.1. The summed E-state index contributed by atoms with van der Waals surface area (Å²) in [5.74, 6) is -1.81. The Morgan fingerprint density at radius 1 is 1.00 bits per heavy atom. The lowest BCUT2D eigenvalue weighted by Gasteiger charge is -2.39. The first-order chi connectivity index (χ1) is 18.3. The topological polar surface area (TPSA) is 98.7 Å². The number of nitrogens with one attached hydrogen (secondary N) is 2. The summed E-state index contributed by atoms with van der Waals surface area (Å²) >= 11 is 1.62. The number of anilines is 2. The van der Waals surface area contributed by atoms with Crippen LogP contribution in [0.15, 0.2) is 72.8 Å². The maximum Gasteiger partial charge on any atom is 0.248 e. The number of para-hydroxylation sites is 1. The standard InChI is InChI=1S/C30H31N3O4S/c1-17-14-23-24(27(35)31-21-10-4-3-5-11-21)25-29(37)33(18(2)16-34)26(30(17,25)38-23)28(36)32-22-13-12-19-8-6-7-9-20(19)15-22/h3-13,15,17-18,23-26,34H,14,16H2,1-2H3,(H,31,35)(H,32,36)/t17?,18-,23-,24+,25+,26?,30?/m1/s1. The summed E-state index contributed by atoms with van der Waals surface area (Å²) in [5.41, 5.74) is 1.34. The molecule has 3 aromatic rings. The minimum atomic E-state index is -0.798. The Labute approximate surface area is 226 Å². The predicted octanol–water partition coefficient (Wildman–Crippen LogP) is 4.14. The number of fused-ring (bicyclic) bond motifs is 2. The van der Waals surface area contributed by atoms with Crippen LogP contribution in [0.3, 0.4) is 0 Å². The lowest BCUT2D eigenvalue weighted by atomic mass is 9.66. The molecule has 0 aliphatic carbocycles. The van der Waals surface area contributed by atoms with Gasteiger partial charge in [-0.3, -0.25) is 14.4 Å². The molecule has 3 aliphatic heterocycles. The number of aliphatic hydroxyl groups excluding tert-OH is 1. The van der Waals surface area contributed by atoms with Crippen molar-refractivity contribution in [3.63, 3.8) is 0 Å². The smallest absolute Gasteiger partial charge is 0.248 e. The number of benzene rings is 3. The highest BCUT2D eigenvalue weighted by Gasteiger charge is 2.76. The van der Waals surface area contributed by atoms with E-state index in [1.807, 2.05) is 72.8 Å². The second-order valence-corrected chi connectivity index (χ2v) is 12.3. The van der Waals surface area contributed by atoms with E-state index < -0.39 is 28.7 Å². The Hall–Kier alpha value is -3.36. The van der Waals surface area contributed by atoms with Crippen molar-refractivity contribution >= 4 is 51.6 Å². The summed E-state index contributed by atoms with van der Waals surface area (Å²) in [6.07, 6.45) is 0.752. The van der Waals surface area contributed by atoms with Gasteiger partial charge in [0.05, 0.1) is 29.2 Å². The van der Waals surface area contributed by atoms with Gasteiger partial charge in [0.2, 0.25) is 17.7 Å². The Morgan fingerprint density at radius 3 is 2.42 bits per heavy atom. The van der Waals surface area contributed by atoms with Crippen LogP contribution in [0.5, 0.6) is 0 Å². The van der Waals surface area contributed by atoms with E-state index in [4.69, 9.17) is 0 Å². The highest BCUT2D eigenvalue weighted by atomic mass is 32.2. The second kappa shape index (κ2) is 9.43. The number of aliphatic hydroxyl groups is 1. The quantitative estimate of drug-likeness (QED) is 0.446. The predicted molar refractivity (Wildman–Crippen MR) is 150 cm³/mol. The fourth-order valence-electron chi connectivity index (χ4n) is 6.85. The number of carbonyl (C=O) groups is 3. The molecular formula is C30H31N3O4S. The number of nitrogens with zero attached hydrogens (tertiary/aromatic N) is 1. The molecule has 7 nitrogen and oxygen atoms in total. The molecule has 196 valence electrons. The van der Waals surface area contributed by atoms with Crippen LogP contribution in [0.2, 0.25) is 0 Å². The van der Waals surface area contributed by atoms with Gasteiger partial charge in [-0.25, -0.2) is 0 Å². The lowest BCUT2D eigenvalue weighted by molar-refractivity contribution is -0.140. The zero-order valence-electron chi connectivity index (χ0n) is 21.3. The van der Waals surface area contributed by atoms with E-state index in [0.29, 0.717) is 11.4 Å². The van der Waals surface area contributed by atoms with E-state index in [9.17, 15) is 19.5 Å². The molecule has 3 fully saturated rings. The number of rotatable bonds is 6. The molecular weight excluding hydrogens is 498 g/mol. The van der Waals surface area contributed by atoms with Gasteiger partial charge in [0, 0.05) is 16.6 Å². The summed E-state index contributed by atoms with van der Waals surface area (Å²) in [7, 11) is 0. The van der Waals surface area contributed by atoms with Gasteiger partial charge >= 0.3 is 0 Å². The van der Waals surface area contributed by atoms with Crippen molar-refractivity contribution in [1.29, 1.82) is 0 Å². The molecule has 3 amide bonds. The third-order valence-corrected chi connectivity index (χ3v) is 10.6. The van der Waals surface area contributed by atoms with Gasteiger partial charge in [0.25, 0.3) is 0 Å². The SMILES string of the molecule is CC1C[C@H]2SC13C(C(=O)Nc1ccc4ccccc4c1)N([C@H](C)CO)C(=O)[C@@H]3[C@H]2C(=O)Nc1ccccc1. The summed E-state index contributed by atoms with van der Waals surface area (Å²) in [6.45, 7) is 3.58. The molecule has 6 rings (SSSR count). The van der Waals surface area contributed by atoms with Gasteiger partial charge in [-0.1, -0.05) is 55.5 Å². The number of likely N-dealkylation sites (tertiary alicyclic amines) is 1. The fourth-order valence-corrected chi connectivity index (χ4v) is 9.25. The van der Waals surface area contributed by atoms with Gasteiger partial charge in [0.15, 0.2) is 0 Å². The fraction of sp³-hybridized carbons (Fsp3) is 0.367. The monoisotopic (exact) mass is 529 g/mol. The van der Waals surface area contributed by atoms with Gasteiger partial charge in [0.1, 0.15) is 6.04 Å². The lowest BCUT2D eigenvalue weighted by Crippen LogP contribution is -2.56. The number of carbonyl (C=O) groups excluding carboxylic acids is 3. The first-order valence-electron chi connectivity index (χ1n) is 13.1. The normalized spacial score (nSPS) is 30.3. The first-order valence-corrected chi connectivity index (χ1v) is 14.0. The van der Waals surface area contributed by atoms with Crippen LogP contribution >= 0.6 is 11.8 Å². The minimum Gasteiger partial charge on any atom is -0.394 e. The van der Waals surface area contributed by atoms with E-state index in [2.05, 4.69) is 17.6 Å². The average molecular weight is 530 g/mol. The van der Waals surface area contributed by atoms with Crippen molar-refractivity contribution in [1.82, 2.24) is 4.90 Å². The van der Waals surface area contributed by atoms with Crippen LogP contribution in [0.25, 0.3) is 10.8 Å². The van der Waals surface area contributed by atoms with Crippen molar-refractivity contribution in [3.8, 4) is 0 Å². The van der Waals surface area contributed by atoms with Crippen LogP contribution in [0.4, 0.5) is 11.4 Å². The third kappa shape index (κ3) is 3.73. The number of thioether (sulfide) groups is 1. The summed E-state index contributed by atoms with van der Waals surface area (Å²) in [5, 5.41) is 18.2. The van der Waals surface area contributed by atoms with Crippen molar-refractivity contribution < 1.29 is 19.5 Å². The van der Waals surface area contributed by atoms with Crippen molar-refractivity contribution in [2.24, 2.45) is 17.8 Å². The molecule has 0 radical (unpaired) electrons.